The van der Waals surface area contributed by atoms with Crippen molar-refractivity contribution in [2.45, 2.75) is 20.3 Å². The van der Waals surface area contributed by atoms with Gasteiger partial charge in [0.15, 0.2) is 0 Å². The van der Waals surface area contributed by atoms with E-state index in [1.807, 2.05) is 13.8 Å². The Morgan fingerprint density at radius 3 is 1.95 bits per heavy atom. The number of allylic oxidation sites excluding steroid dienone is 7. The number of hydrogen-bond acceptors (Lipinski definition) is 3. The van der Waals surface area contributed by atoms with Gasteiger partial charge in [-0.3, -0.25) is 0 Å². The zero-order valence-electron chi connectivity index (χ0n) is 11.9. The van der Waals surface area contributed by atoms with Crippen LogP contribution < -0.4 is 0 Å². The van der Waals surface area contributed by atoms with Crippen molar-refractivity contribution >= 4 is 0 Å². The van der Waals surface area contributed by atoms with E-state index in [-0.39, 0.29) is 6.61 Å². The van der Waals surface area contributed by atoms with Gasteiger partial charge in [0.1, 0.15) is 0 Å². The molecule has 3 N–H and O–H groups in total. The highest BCUT2D eigenvalue weighted by Gasteiger charge is 1.87. The molecule has 0 amide bonds. The predicted octanol–water partition coefficient (Wildman–Crippen LogP) is 4.38. The SMILES string of the molecule is C=C/C=C(\C=C/O)CCO.C=C/C=C\C=C/O.CC. The van der Waals surface area contributed by atoms with Crippen molar-refractivity contribution in [2.24, 2.45) is 0 Å². The average molecular weight is 266 g/mol. The van der Waals surface area contributed by atoms with Crippen LogP contribution in [0.1, 0.15) is 20.3 Å². The average Bonchev–Trinajstić information content (AvgIpc) is 2.43. The smallest absolute Gasteiger partial charge is 0.0794 e. The van der Waals surface area contributed by atoms with Gasteiger partial charge in [0, 0.05) is 6.61 Å². The van der Waals surface area contributed by atoms with Gasteiger partial charge in [-0.15, -0.1) is 0 Å². The Labute approximate surface area is 116 Å². The van der Waals surface area contributed by atoms with Crippen molar-refractivity contribution in [3.8, 4) is 0 Å². The van der Waals surface area contributed by atoms with Crippen LogP contribution in [0.15, 0.2) is 73.8 Å². The molecule has 0 saturated heterocycles. The van der Waals surface area contributed by atoms with Gasteiger partial charge in [-0.05, 0) is 24.1 Å². The summed E-state index contributed by atoms with van der Waals surface area (Å²) in [6.07, 6.45) is 13.9. The first kappa shape index (κ1) is 22.2. The zero-order valence-corrected chi connectivity index (χ0v) is 11.9. The third kappa shape index (κ3) is 25.9. The molecule has 0 aromatic carbocycles. The van der Waals surface area contributed by atoms with Gasteiger partial charge in [-0.2, -0.15) is 0 Å². The van der Waals surface area contributed by atoms with Crippen LogP contribution in [0.2, 0.25) is 0 Å². The summed E-state index contributed by atoms with van der Waals surface area (Å²) >= 11 is 0. The Morgan fingerprint density at radius 1 is 0.947 bits per heavy atom. The van der Waals surface area contributed by atoms with E-state index in [0.717, 1.165) is 18.1 Å². The number of rotatable bonds is 6. The van der Waals surface area contributed by atoms with E-state index in [1.165, 1.54) is 12.2 Å². The van der Waals surface area contributed by atoms with Crippen molar-refractivity contribution in [2.75, 3.05) is 6.61 Å². The molecule has 0 aliphatic carbocycles. The Hall–Kier alpha value is -2.00. The van der Waals surface area contributed by atoms with E-state index in [2.05, 4.69) is 13.2 Å². The van der Waals surface area contributed by atoms with Gasteiger partial charge in [0.2, 0.25) is 0 Å². The highest BCUT2D eigenvalue weighted by atomic mass is 16.3. The monoisotopic (exact) mass is 266 g/mol. The molecule has 0 unspecified atom stereocenters. The van der Waals surface area contributed by atoms with E-state index in [1.54, 1.807) is 30.4 Å². The normalized spacial score (nSPS) is 10.8. The van der Waals surface area contributed by atoms with Gasteiger partial charge in [-0.1, -0.05) is 57.4 Å². The number of hydrogen-bond donors (Lipinski definition) is 3. The highest BCUT2D eigenvalue weighted by molar-refractivity contribution is 5.21. The second-order valence-corrected chi connectivity index (χ2v) is 2.73. The summed E-state index contributed by atoms with van der Waals surface area (Å²) in [5.41, 5.74) is 0.861. The van der Waals surface area contributed by atoms with Crippen LogP contribution in [-0.2, 0) is 0 Å². The van der Waals surface area contributed by atoms with Gasteiger partial charge in [0.05, 0.1) is 12.5 Å². The summed E-state index contributed by atoms with van der Waals surface area (Å²) in [6.45, 7) is 11.0. The molecule has 0 aliphatic rings. The molecule has 3 heteroatoms. The molecule has 0 radical (unpaired) electrons. The van der Waals surface area contributed by atoms with Gasteiger partial charge >= 0.3 is 0 Å². The fourth-order valence-electron chi connectivity index (χ4n) is 0.791. The molecule has 0 saturated carbocycles. The van der Waals surface area contributed by atoms with E-state index in [0.29, 0.717) is 6.42 Å². The molecule has 0 spiro atoms. The second kappa shape index (κ2) is 25.0. The van der Waals surface area contributed by atoms with Crippen LogP contribution in [0.4, 0.5) is 0 Å². The third-order valence-corrected chi connectivity index (χ3v) is 1.47. The van der Waals surface area contributed by atoms with Crippen LogP contribution in [0.5, 0.6) is 0 Å². The van der Waals surface area contributed by atoms with Crippen molar-refractivity contribution in [3.63, 3.8) is 0 Å². The summed E-state index contributed by atoms with van der Waals surface area (Å²) in [5, 5.41) is 24.9. The molecule has 0 heterocycles. The predicted molar refractivity (Wildman–Crippen MR) is 84.2 cm³/mol. The van der Waals surface area contributed by atoms with Crippen molar-refractivity contribution in [3.05, 3.63) is 73.8 Å². The van der Waals surface area contributed by atoms with Crippen molar-refractivity contribution in [1.29, 1.82) is 0 Å². The standard InChI is InChI=1S/C8H12O2.C6H8O.C2H6/c1-2-3-8(4-6-9)5-7-10;1-2-3-4-5-6-7;1-2/h2-4,6,9-10H,1,5,7H2;2-7H,1H2;1-2H3/b6-4-,8-3+;4-3-,6-5-;. The lowest BCUT2D eigenvalue weighted by atomic mass is 10.2. The van der Waals surface area contributed by atoms with Crippen LogP contribution in [-0.4, -0.2) is 21.9 Å². The maximum Gasteiger partial charge on any atom is 0.0794 e. The second-order valence-electron chi connectivity index (χ2n) is 2.73. The lowest BCUT2D eigenvalue weighted by Crippen LogP contribution is -1.84. The molecule has 108 valence electrons. The molecule has 0 aromatic heterocycles. The van der Waals surface area contributed by atoms with Crippen molar-refractivity contribution in [1.82, 2.24) is 0 Å². The van der Waals surface area contributed by atoms with Gasteiger partial charge in [-0.25, -0.2) is 0 Å². The van der Waals surface area contributed by atoms with E-state index in [9.17, 15) is 0 Å². The lowest BCUT2D eigenvalue weighted by Gasteiger charge is -1.94. The molecule has 3 nitrogen and oxygen atoms in total. The molecule has 0 aromatic rings. The largest absolute Gasteiger partial charge is 0.516 e. The summed E-state index contributed by atoms with van der Waals surface area (Å²) in [7, 11) is 0. The highest BCUT2D eigenvalue weighted by Crippen LogP contribution is 2.01. The lowest BCUT2D eigenvalue weighted by molar-refractivity contribution is 0.300. The fourth-order valence-corrected chi connectivity index (χ4v) is 0.791. The van der Waals surface area contributed by atoms with E-state index < -0.39 is 0 Å². The first-order valence-corrected chi connectivity index (χ1v) is 6.08. The Kier molecular flexibility index (Phi) is 29.2. The summed E-state index contributed by atoms with van der Waals surface area (Å²) in [4.78, 5) is 0. The maximum absolute atomic E-state index is 8.50. The number of aliphatic hydroxyl groups excluding tert-OH is 3. The minimum absolute atomic E-state index is 0.0873. The van der Waals surface area contributed by atoms with Gasteiger partial charge < -0.3 is 15.3 Å². The fraction of sp³-hybridized carbons (Fsp3) is 0.250. The van der Waals surface area contributed by atoms with Crippen LogP contribution in [0.25, 0.3) is 0 Å². The summed E-state index contributed by atoms with van der Waals surface area (Å²) in [6, 6.07) is 0. The minimum Gasteiger partial charge on any atom is -0.516 e. The summed E-state index contributed by atoms with van der Waals surface area (Å²) in [5.74, 6) is 0. The first-order valence-electron chi connectivity index (χ1n) is 6.08. The minimum atomic E-state index is 0.0873. The van der Waals surface area contributed by atoms with Crippen LogP contribution >= 0.6 is 0 Å². The molecular formula is C16H26O3. The molecule has 0 rings (SSSR count). The maximum atomic E-state index is 8.50. The molecular weight excluding hydrogens is 240 g/mol. The zero-order chi connectivity index (χ0) is 15.4. The van der Waals surface area contributed by atoms with E-state index >= 15 is 0 Å². The molecule has 0 fully saturated rings. The van der Waals surface area contributed by atoms with E-state index in [4.69, 9.17) is 15.3 Å². The topological polar surface area (TPSA) is 60.7 Å². The van der Waals surface area contributed by atoms with Crippen LogP contribution in [0.3, 0.4) is 0 Å². The van der Waals surface area contributed by atoms with Crippen molar-refractivity contribution < 1.29 is 15.3 Å². The third-order valence-electron chi connectivity index (χ3n) is 1.47. The Morgan fingerprint density at radius 2 is 1.58 bits per heavy atom. The molecule has 0 aliphatic heterocycles. The first-order chi connectivity index (χ1) is 9.26. The molecule has 19 heavy (non-hydrogen) atoms. The quantitative estimate of drug-likeness (QED) is 0.494. The Balaban J connectivity index is -0.000000249. The van der Waals surface area contributed by atoms with Gasteiger partial charge in [0.25, 0.3) is 0 Å². The Bertz CT molecular complexity index is 297. The molecule has 0 atom stereocenters. The molecule has 0 bridgehead atoms. The summed E-state index contributed by atoms with van der Waals surface area (Å²) < 4.78 is 0. The van der Waals surface area contributed by atoms with Crippen LogP contribution in [0, 0.1) is 0 Å². The number of aliphatic hydroxyl groups is 3.